The lowest BCUT2D eigenvalue weighted by Crippen LogP contribution is -2.37. The number of anilines is 1. The minimum Gasteiger partial charge on any atom is -0.310 e. The number of nitriles is 1. The van der Waals surface area contributed by atoms with Gasteiger partial charge in [-0.2, -0.15) is 5.26 Å². The van der Waals surface area contributed by atoms with Gasteiger partial charge in [-0.05, 0) is 30.5 Å². The van der Waals surface area contributed by atoms with E-state index in [1.54, 1.807) is 23.2 Å². The second-order valence-corrected chi connectivity index (χ2v) is 9.81. The van der Waals surface area contributed by atoms with Gasteiger partial charge in [0.2, 0.25) is 5.91 Å². The first-order chi connectivity index (χ1) is 15.1. The first-order valence-corrected chi connectivity index (χ1v) is 12.2. The standard InChI is InChI=1S/C22H18N4O2S3/c1-14(21(28)26(11-6-10-23)15-7-3-2-4-8-15)31-22-24-19(27)18-16(13-30-20(18)25-22)17-9-5-12-29-17/h2-5,7-9,12-14H,6,11H2,1H3,(H,24,25,27). The molecule has 1 N–H and O–H groups in total. The van der Waals surface area contributed by atoms with Crippen molar-refractivity contribution >= 4 is 56.2 Å². The highest BCUT2D eigenvalue weighted by atomic mass is 32.2. The molecular weight excluding hydrogens is 448 g/mol. The third-order valence-corrected chi connectivity index (χ3v) is 7.37. The van der Waals surface area contributed by atoms with Crippen LogP contribution in [0, 0.1) is 11.3 Å². The Morgan fingerprint density at radius 1 is 1.26 bits per heavy atom. The van der Waals surface area contributed by atoms with E-state index in [0.29, 0.717) is 21.9 Å². The van der Waals surface area contributed by atoms with Crippen molar-refractivity contribution in [3.8, 4) is 16.5 Å². The fourth-order valence-corrected chi connectivity index (χ4v) is 5.85. The normalized spacial score (nSPS) is 11.9. The third kappa shape index (κ3) is 4.56. The quantitative estimate of drug-likeness (QED) is 0.301. The number of hydrogen-bond acceptors (Lipinski definition) is 7. The second kappa shape index (κ2) is 9.47. The van der Waals surface area contributed by atoms with Crippen LogP contribution < -0.4 is 10.5 Å². The van der Waals surface area contributed by atoms with Gasteiger partial charge in [-0.15, -0.1) is 22.7 Å². The van der Waals surface area contributed by atoms with Crippen LogP contribution in [-0.4, -0.2) is 27.7 Å². The fraction of sp³-hybridized carbons (Fsp3) is 0.182. The molecule has 9 heteroatoms. The third-order valence-electron chi connectivity index (χ3n) is 4.63. The van der Waals surface area contributed by atoms with Crippen molar-refractivity contribution in [3.63, 3.8) is 0 Å². The summed E-state index contributed by atoms with van der Waals surface area (Å²) in [7, 11) is 0. The first kappa shape index (κ1) is 21.3. The zero-order valence-electron chi connectivity index (χ0n) is 16.6. The molecule has 3 aromatic heterocycles. The van der Waals surface area contributed by atoms with Gasteiger partial charge in [0.1, 0.15) is 4.83 Å². The van der Waals surface area contributed by atoms with E-state index >= 15 is 0 Å². The number of rotatable bonds is 7. The van der Waals surface area contributed by atoms with E-state index in [9.17, 15) is 9.59 Å². The van der Waals surface area contributed by atoms with Gasteiger partial charge in [-0.1, -0.05) is 36.0 Å². The Labute approximate surface area is 191 Å². The Kier molecular flexibility index (Phi) is 6.51. The maximum absolute atomic E-state index is 13.1. The van der Waals surface area contributed by atoms with Crippen LogP contribution in [0.5, 0.6) is 0 Å². The number of aromatic nitrogens is 2. The molecule has 1 atom stereocenters. The SMILES string of the molecule is CC(Sc1nc2scc(-c3cccs3)c2c(=O)[nH]1)C(=O)N(CCC#N)c1ccccc1. The number of amides is 1. The highest BCUT2D eigenvalue weighted by Crippen LogP contribution is 2.34. The molecule has 1 unspecified atom stereocenters. The average Bonchev–Trinajstić information content (AvgIpc) is 3.44. The van der Waals surface area contributed by atoms with Gasteiger partial charge in [-0.3, -0.25) is 9.59 Å². The van der Waals surface area contributed by atoms with E-state index in [1.807, 2.05) is 53.2 Å². The molecule has 0 aliphatic carbocycles. The Bertz CT molecular complexity index is 1290. The predicted octanol–water partition coefficient (Wildman–Crippen LogP) is 5.14. The number of nitrogens with zero attached hydrogens (tertiary/aromatic N) is 3. The van der Waals surface area contributed by atoms with Crippen molar-refractivity contribution in [1.29, 1.82) is 5.26 Å². The summed E-state index contributed by atoms with van der Waals surface area (Å²) in [5, 5.41) is 13.4. The Morgan fingerprint density at radius 3 is 2.77 bits per heavy atom. The fourth-order valence-electron chi connectivity index (χ4n) is 3.17. The van der Waals surface area contributed by atoms with E-state index < -0.39 is 5.25 Å². The van der Waals surface area contributed by atoms with Gasteiger partial charge in [0.15, 0.2) is 5.16 Å². The Hall–Kier alpha value is -2.93. The summed E-state index contributed by atoms with van der Waals surface area (Å²) in [6, 6.07) is 15.3. The first-order valence-electron chi connectivity index (χ1n) is 9.54. The van der Waals surface area contributed by atoms with Crippen LogP contribution in [0.25, 0.3) is 20.7 Å². The van der Waals surface area contributed by atoms with Gasteiger partial charge >= 0.3 is 0 Å². The van der Waals surface area contributed by atoms with Crippen molar-refractivity contribution in [3.05, 3.63) is 63.6 Å². The molecule has 0 saturated carbocycles. The average molecular weight is 467 g/mol. The van der Waals surface area contributed by atoms with Crippen LogP contribution in [0.4, 0.5) is 5.69 Å². The predicted molar refractivity (Wildman–Crippen MR) is 128 cm³/mol. The van der Waals surface area contributed by atoms with Crippen molar-refractivity contribution < 1.29 is 4.79 Å². The van der Waals surface area contributed by atoms with Gasteiger partial charge < -0.3 is 9.88 Å². The number of H-pyrrole nitrogens is 1. The molecule has 4 aromatic rings. The minimum atomic E-state index is -0.490. The van der Waals surface area contributed by atoms with Crippen LogP contribution in [0.15, 0.2) is 63.2 Å². The number of hydrogen-bond donors (Lipinski definition) is 1. The largest absolute Gasteiger partial charge is 0.310 e. The number of aromatic amines is 1. The maximum atomic E-state index is 13.1. The highest BCUT2D eigenvalue weighted by molar-refractivity contribution is 8.00. The van der Waals surface area contributed by atoms with Crippen molar-refractivity contribution in [2.24, 2.45) is 0 Å². The van der Waals surface area contributed by atoms with Gasteiger partial charge in [-0.25, -0.2) is 4.98 Å². The van der Waals surface area contributed by atoms with Crippen molar-refractivity contribution in [2.75, 3.05) is 11.4 Å². The second-order valence-electron chi connectivity index (χ2n) is 6.67. The van der Waals surface area contributed by atoms with Crippen molar-refractivity contribution in [2.45, 2.75) is 23.8 Å². The lowest BCUT2D eigenvalue weighted by atomic mass is 10.2. The number of nitrogens with one attached hydrogen (secondary N) is 1. The van der Waals surface area contributed by atoms with E-state index in [0.717, 1.165) is 16.1 Å². The number of benzene rings is 1. The maximum Gasteiger partial charge on any atom is 0.260 e. The number of thiophene rings is 2. The number of carbonyl (C=O) groups excluding carboxylic acids is 1. The molecule has 31 heavy (non-hydrogen) atoms. The zero-order valence-corrected chi connectivity index (χ0v) is 19.0. The van der Waals surface area contributed by atoms with Gasteiger partial charge in [0, 0.05) is 28.1 Å². The summed E-state index contributed by atoms with van der Waals surface area (Å²) in [4.78, 5) is 36.6. The molecule has 6 nitrogen and oxygen atoms in total. The van der Waals surface area contributed by atoms with Crippen LogP contribution in [0.3, 0.4) is 0 Å². The van der Waals surface area contributed by atoms with Gasteiger partial charge in [0.05, 0.1) is 23.1 Å². The smallest absolute Gasteiger partial charge is 0.260 e. The van der Waals surface area contributed by atoms with E-state index in [1.165, 1.54) is 23.1 Å². The van der Waals surface area contributed by atoms with Gasteiger partial charge in [0.25, 0.3) is 5.56 Å². The van der Waals surface area contributed by atoms with Crippen LogP contribution >= 0.6 is 34.4 Å². The van der Waals surface area contributed by atoms with E-state index in [2.05, 4.69) is 16.0 Å². The molecule has 4 rings (SSSR count). The van der Waals surface area contributed by atoms with Crippen LogP contribution in [0.1, 0.15) is 13.3 Å². The van der Waals surface area contributed by atoms with Crippen LogP contribution in [-0.2, 0) is 4.79 Å². The molecule has 156 valence electrons. The zero-order chi connectivity index (χ0) is 21.8. The summed E-state index contributed by atoms with van der Waals surface area (Å²) in [5.74, 6) is -0.139. The highest BCUT2D eigenvalue weighted by Gasteiger charge is 2.24. The number of carbonyl (C=O) groups is 1. The summed E-state index contributed by atoms with van der Waals surface area (Å²) in [5.41, 5.74) is 1.42. The summed E-state index contributed by atoms with van der Waals surface area (Å²) in [6.45, 7) is 2.09. The molecule has 0 saturated heterocycles. The summed E-state index contributed by atoms with van der Waals surface area (Å²) >= 11 is 4.21. The molecule has 0 aliphatic heterocycles. The summed E-state index contributed by atoms with van der Waals surface area (Å²) < 4.78 is 0. The summed E-state index contributed by atoms with van der Waals surface area (Å²) in [6.07, 6.45) is 0.236. The molecule has 1 aromatic carbocycles. The molecule has 3 heterocycles. The molecule has 0 aliphatic rings. The van der Waals surface area contributed by atoms with Crippen molar-refractivity contribution in [1.82, 2.24) is 9.97 Å². The Balaban J connectivity index is 1.58. The molecule has 0 bridgehead atoms. The molecule has 0 radical (unpaired) electrons. The minimum absolute atomic E-state index is 0.139. The number of thioether (sulfide) groups is 1. The van der Waals surface area contributed by atoms with Crippen LogP contribution in [0.2, 0.25) is 0 Å². The molecule has 1 amide bonds. The number of fused-ring (bicyclic) bond motifs is 1. The van der Waals surface area contributed by atoms with E-state index in [-0.39, 0.29) is 17.9 Å². The molecule has 0 fully saturated rings. The molecular formula is C22H18N4O2S3. The lowest BCUT2D eigenvalue weighted by molar-refractivity contribution is -0.117. The molecule has 0 spiro atoms. The monoisotopic (exact) mass is 466 g/mol. The topological polar surface area (TPSA) is 89.8 Å². The van der Waals surface area contributed by atoms with E-state index in [4.69, 9.17) is 5.26 Å². The Morgan fingerprint density at radius 2 is 2.06 bits per heavy atom. The number of para-hydroxylation sites is 1. The lowest BCUT2D eigenvalue weighted by Gasteiger charge is -2.24.